The molecular weight excluding hydrogens is 208 g/mol. The summed E-state index contributed by atoms with van der Waals surface area (Å²) >= 11 is 0. The lowest BCUT2D eigenvalue weighted by Crippen LogP contribution is -2.43. The molecule has 0 aliphatic carbocycles. The molecule has 0 aromatic carbocycles. The van der Waals surface area contributed by atoms with Gasteiger partial charge in [0.1, 0.15) is 0 Å². The third-order valence-corrected chi connectivity index (χ3v) is 6.76. The van der Waals surface area contributed by atoms with Crippen molar-refractivity contribution in [3.63, 3.8) is 0 Å². The zero-order valence-corrected chi connectivity index (χ0v) is 11.5. The summed E-state index contributed by atoms with van der Waals surface area (Å²) in [5.41, 5.74) is 0.469. The molecule has 0 atom stereocenters. The standard InChI is InChI=1S/C11H24O3Si/c1-5-11(9-14-10-11)7-6-8-15(4,12-2)13-3/h5-10H2,1-4H3. The smallest absolute Gasteiger partial charge is 0.334 e. The Morgan fingerprint density at radius 3 is 2.20 bits per heavy atom. The van der Waals surface area contributed by atoms with Gasteiger partial charge in [-0.15, -0.1) is 0 Å². The molecule has 90 valence electrons. The first kappa shape index (κ1) is 13.2. The predicted molar refractivity (Wildman–Crippen MR) is 63.2 cm³/mol. The summed E-state index contributed by atoms with van der Waals surface area (Å²) in [4.78, 5) is 0. The maximum atomic E-state index is 5.47. The van der Waals surface area contributed by atoms with E-state index < -0.39 is 8.56 Å². The molecule has 1 rings (SSSR count). The summed E-state index contributed by atoms with van der Waals surface area (Å²) in [7, 11) is 1.68. The number of hydrogen-bond acceptors (Lipinski definition) is 3. The molecule has 0 saturated carbocycles. The van der Waals surface area contributed by atoms with E-state index in [-0.39, 0.29) is 0 Å². The van der Waals surface area contributed by atoms with E-state index in [0.717, 1.165) is 19.3 Å². The normalized spacial score (nSPS) is 20.0. The van der Waals surface area contributed by atoms with Crippen molar-refractivity contribution < 1.29 is 13.6 Å². The monoisotopic (exact) mass is 232 g/mol. The van der Waals surface area contributed by atoms with Crippen LogP contribution in [0.25, 0.3) is 0 Å². The summed E-state index contributed by atoms with van der Waals surface area (Å²) in [6, 6.07) is 1.09. The maximum absolute atomic E-state index is 5.47. The highest BCUT2D eigenvalue weighted by Crippen LogP contribution is 2.37. The van der Waals surface area contributed by atoms with Gasteiger partial charge in [0, 0.05) is 19.6 Å². The van der Waals surface area contributed by atoms with Crippen LogP contribution in [-0.4, -0.2) is 36.0 Å². The molecule has 15 heavy (non-hydrogen) atoms. The largest absolute Gasteiger partial charge is 0.398 e. The van der Waals surface area contributed by atoms with E-state index in [1.165, 1.54) is 19.3 Å². The molecule has 1 aliphatic heterocycles. The Bertz CT molecular complexity index is 170. The van der Waals surface area contributed by atoms with E-state index in [9.17, 15) is 0 Å². The van der Waals surface area contributed by atoms with Crippen molar-refractivity contribution in [3.8, 4) is 0 Å². The van der Waals surface area contributed by atoms with Crippen LogP contribution in [0.3, 0.4) is 0 Å². The molecule has 0 bridgehead atoms. The van der Waals surface area contributed by atoms with Gasteiger partial charge in [-0.2, -0.15) is 0 Å². The van der Waals surface area contributed by atoms with Gasteiger partial charge in [-0.25, -0.2) is 0 Å². The minimum absolute atomic E-state index is 0.469. The van der Waals surface area contributed by atoms with Gasteiger partial charge < -0.3 is 13.6 Å². The van der Waals surface area contributed by atoms with Crippen molar-refractivity contribution >= 4 is 8.56 Å². The third-order valence-electron chi connectivity index (χ3n) is 3.77. The Hall–Kier alpha value is 0.0969. The van der Waals surface area contributed by atoms with Crippen molar-refractivity contribution in [2.45, 2.75) is 38.8 Å². The molecule has 0 aromatic heterocycles. The molecule has 4 heteroatoms. The molecule has 1 saturated heterocycles. The maximum Gasteiger partial charge on any atom is 0.334 e. The SMILES string of the molecule is CCC1(CCC[Si](C)(OC)OC)COC1. The van der Waals surface area contributed by atoms with Gasteiger partial charge >= 0.3 is 8.56 Å². The van der Waals surface area contributed by atoms with Crippen molar-refractivity contribution in [1.82, 2.24) is 0 Å². The van der Waals surface area contributed by atoms with Crippen LogP contribution < -0.4 is 0 Å². The van der Waals surface area contributed by atoms with Crippen LogP contribution in [0.15, 0.2) is 0 Å². The Morgan fingerprint density at radius 1 is 1.27 bits per heavy atom. The van der Waals surface area contributed by atoms with Crippen LogP contribution >= 0.6 is 0 Å². The fourth-order valence-corrected chi connectivity index (χ4v) is 3.38. The summed E-state index contributed by atoms with van der Waals surface area (Å²) in [6.07, 6.45) is 3.67. The zero-order valence-electron chi connectivity index (χ0n) is 10.5. The average Bonchev–Trinajstić information content (AvgIpc) is 2.22. The molecule has 0 N–H and O–H groups in total. The highest BCUT2D eigenvalue weighted by Gasteiger charge is 2.37. The topological polar surface area (TPSA) is 27.7 Å². The fourth-order valence-electron chi connectivity index (χ4n) is 1.99. The molecule has 3 nitrogen and oxygen atoms in total. The molecule has 0 aromatic rings. The molecule has 1 aliphatic rings. The van der Waals surface area contributed by atoms with Crippen LogP contribution in [-0.2, 0) is 13.6 Å². The van der Waals surface area contributed by atoms with Gasteiger partial charge in [-0.05, 0) is 25.4 Å². The van der Waals surface area contributed by atoms with E-state index in [2.05, 4.69) is 13.5 Å². The Morgan fingerprint density at radius 2 is 1.87 bits per heavy atom. The third kappa shape index (κ3) is 3.28. The van der Waals surface area contributed by atoms with E-state index >= 15 is 0 Å². The van der Waals surface area contributed by atoms with Crippen LogP contribution in [0.4, 0.5) is 0 Å². The highest BCUT2D eigenvalue weighted by atomic mass is 28.4. The number of rotatable bonds is 7. The van der Waals surface area contributed by atoms with Crippen molar-refractivity contribution in [2.75, 3.05) is 27.4 Å². The second-order valence-electron chi connectivity index (χ2n) is 4.74. The lowest BCUT2D eigenvalue weighted by molar-refractivity contribution is -0.119. The van der Waals surface area contributed by atoms with Crippen LogP contribution in [0.5, 0.6) is 0 Å². The first-order chi connectivity index (χ1) is 7.10. The van der Waals surface area contributed by atoms with Crippen LogP contribution in [0.1, 0.15) is 26.2 Å². The van der Waals surface area contributed by atoms with Gasteiger partial charge in [0.05, 0.1) is 13.2 Å². The molecule has 0 radical (unpaired) electrons. The second-order valence-corrected chi connectivity index (χ2v) is 8.33. The lowest BCUT2D eigenvalue weighted by atomic mass is 9.79. The van der Waals surface area contributed by atoms with Gasteiger partial charge in [-0.1, -0.05) is 13.3 Å². The van der Waals surface area contributed by atoms with Crippen LogP contribution in [0.2, 0.25) is 12.6 Å². The predicted octanol–water partition coefficient (Wildman–Crippen LogP) is 2.56. The number of ether oxygens (including phenoxy) is 1. The van der Waals surface area contributed by atoms with Gasteiger partial charge in [-0.3, -0.25) is 0 Å². The minimum Gasteiger partial charge on any atom is -0.398 e. The van der Waals surface area contributed by atoms with E-state index in [1.54, 1.807) is 14.2 Å². The summed E-state index contributed by atoms with van der Waals surface area (Å²) in [6.45, 7) is 6.28. The first-order valence-corrected chi connectivity index (χ1v) is 8.30. The second kappa shape index (κ2) is 5.43. The summed E-state index contributed by atoms with van der Waals surface area (Å²) in [5.74, 6) is 0. The Balaban J connectivity index is 2.25. The molecule has 0 amide bonds. The van der Waals surface area contributed by atoms with Crippen molar-refractivity contribution in [1.29, 1.82) is 0 Å². The fraction of sp³-hybridized carbons (Fsp3) is 1.00. The summed E-state index contributed by atoms with van der Waals surface area (Å²) in [5, 5.41) is 0. The van der Waals surface area contributed by atoms with Gasteiger partial charge in [0.15, 0.2) is 0 Å². The molecular formula is C11H24O3Si. The Kier molecular flexibility index (Phi) is 4.77. The van der Waals surface area contributed by atoms with Crippen LogP contribution in [0, 0.1) is 5.41 Å². The van der Waals surface area contributed by atoms with Crippen molar-refractivity contribution in [2.24, 2.45) is 5.41 Å². The van der Waals surface area contributed by atoms with Gasteiger partial charge in [0.25, 0.3) is 0 Å². The first-order valence-electron chi connectivity index (χ1n) is 5.78. The van der Waals surface area contributed by atoms with E-state index in [4.69, 9.17) is 13.6 Å². The Labute approximate surface area is 94.4 Å². The zero-order chi connectivity index (χ0) is 11.4. The highest BCUT2D eigenvalue weighted by molar-refractivity contribution is 6.65. The molecule has 1 heterocycles. The van der Waals surface area contributed by atoms with E-state index in [0.29, 0.717) is 5.41 Å². The molecule has 0 spiro atoms. The summed E-state index contributed by atoms with van der Waals surface area (Å²) < 4.78 is 16.3. The quantitative estimate of drug-likeness (QED) is 0.631. The lowest BCUT2D eigenvalue weighted by Gasteiger charge is -2.41. The molecule has 0 unspecified atom stereocenters. The van der Waals surface area contributed by atoms with E-state index in [1.807, 2.05) is 0 Å². The van der Waals surface area contributed by atoms with Gasteiger partial charge in [0.2, 0.25) is 0 Å². The average molecular weight is 232 g/mol. The number of hydrogen-bond donors (Lipinski definition) is 0. The van der Waals surface area contributed by atoms with Crippen molar-refractivity contribution in [3.05, 3.63) is 0 Å². The molecule has 1 fully saturated rings. The minimum atomic E-state index is -1.84.